The quantitative estimate of drug-likeness (QED) is 0.707. The van der Waals surface area contributed by atoms with Crippen molar-refractivity contribution >= 4 is 12.9 Å². The van der Waals surface area contributed by atoms with Crippen LogP contribution in [0.25, 0.3) is 0 Å². The van der Waals surface area contributed by atoms with E-state index in [0.717, 1.165) is 25.6 Å². The number of hydrogen-bond acceptors (Lipinski definition) is 3. The monoisotopic (exact) mass is 250 g/mol. The van der Waals surface area contributed by atoms with E-state index in [1.54, 1.807) is 0 Å². The highest BCUT2D eigenvalue weighted by molar-refractivity contribution is 6.45. The molecule has 2 aliphatic carbocycles. The van der Waals surface area contributed by atoms with E-state index in [0.29, 0.717) is 11.7 Å². The van der Waals surface area contributed by atoms with Crippen molar-refractivity contribution in [1.29, 1.82) is 0 Å². The highest BCUT2D eigenvalue weighted by atomic mass is 16.7. The lowest BCUT2D eigenvalue weighted by Gasteiger charge is -2.54. The Morgan fingerprint density at radius 1 is 1.17 bits per heavy atom. The van der Waals surface area contributed by atoms with Gasteiger partial charge in [-0.25, -0.2) is 0 Å². The molecule has 1 saturated heterocycles. The van der Waals surface area contributed by atoms with Crippen molar-refractivity contribution in [2.75, 3.05) is 0 Å². The third-order valence-electron chi connectivity index (χ3n) is 5.79. The second-order valence-corrected chi connectivity index (χ2v) is 7.26. The molecule has 0 aromatic carbocycles. The van der Waals surface area contributed by atoms with Crippen molar-refractivity contribution in [3.63, 3.8) is 0 Å². The van der Waals surface area contributed by atoms with Gasteiger partial charge in [-0.2, -0.15) is 0 Å². The summed E-state index contributed by atoms with van der Waals surface area (Å²) < 4.78 is 12.1. The summed E-state index contributed by atoms with van der Waals surface area (Å²) in [6.07, 6.45) is 5.03. The molecule has 18 heavy (non-hydrogen) atoms. The summed E-state index contributed by atoms with van der Waals surface area (Å²) in [6, 6.07) is 0. The van der Waals surface area contributed by atoms with Crippen LogP contribution in [0.1, 0.15) is 53.4 Å². The van der Waals surface area contributed by atoms with E-state index < -0.39 is 0 Å². The molecule has 3 aliphatic rings. The van der Waals surface area contributed by atoms with E-state index in [-0.39, 0.29) is 23.7 Å². The average Bonchev–Trinajstić information content (AvgIpc) is 2.31. The first-order valence-corrected chi connectivity index (χ1v) is 7.16. The maximum atomic E-state index is 11.8. The van der Waals surface area contributed by atoms with Gasteiger partial charge in [0.05, 0.1) is 11.2 Å². The smallest absolute Gasteiger partial charge is 0.403 e. The van der Waals surface area contributed by atoms with Crippen molar-refractivity contribution in [2.45, 2.75) is 70.9 Å². The van der Waals surface area contributed by atoms with Gasteiger partial charge in [0.2, 0.25) is 0 Å². The summed E-state index contributed by atoms with van der Waals surface area (Å²) in [5.74, 6) is 0.976. The summed E-state index contributed by atoms with van der Waals surface area (Å²) in [5, 5.41) is 0. The third-order valence-corrected chi connectivity index (χ3v) is 5.79. The Bertz CT molecular complexity index is 369. The summed E-state index contributed by atoms with van der Waals surface area (Å²) in [4.78, 5) is 11.8. The molecule has 0 amide bonds. The Hall–Kier alpha value is -0.345. The lowest BCUT2D eigenvalue weighted by Crippen LogP contribution is -2.55. The molecular weight excluding hydrogens is 227 g/mol. The molecule has 1 atom stereocenters. The van der Waals surface area contributed by atoms with Crippen LogP contribution in [0.2, 0.25) is 6.32 Å². The van der Waals surface area contributed by atoms with E-state index in [2.05, 4.69) is 27.7 Å². The molecule has 2 saturated carbocycles. The van der Waals surface area contributed by atoms with Gasteiger partial charge in [-0.05, 0) is 52.8 Å². The molecule has 4 heteroatoms. The van der Waals surface area contributed by atoms with Crippen LogP contribution < -0.4 is 0 Å². The van der Waals surface area contributed by atoms with Crippen molar-refractivity contribution in [1.82, 2.24) is 0 Å². The van der Waals surface area contributed by atoms with Gasteiger partial charge >= 0.3 is 7.12 Å². The number of hydrogen-bond donors (Lipinski definition) is 0. The van der Waals surface area contributed by atoms with Crippen LogP contribution in [-0.4, -0.2) is 24.1 Å². The Morgan fingerprint density at radius 2 is 1.72 bits per heavy atom. The number of carbonyl (C=O) groups is 1. The van der Waals surface area contributed by atoms with Crippen LogP contribution in [0.3, 0.4) is 0 Å². The molecule has 0 N–H and O–H groups in total. The number of carbonyl (C=O) groups excluding carboxylic acids is 1. The Labute approximate surface area is 110 Å². The zero-order valence-corrected chi connectivity index (χ0v) is 11.9. The summed E-state index contributed by atoms with van der Waals surface area (Å²) in [5.41, 5.74) is -0.472. The zero-order valence-electron chi connectivity index (χ0n) is 11.9. The fourth-order valence-electron chi connectivity index (χ4n) is 3.57. The van der Waals surface area contributed by atoms with Gasteiger partial charge in [0.15, 0.2) is 0 Å². The minimum absolute atomic E-state index is 0.0313. The van der Waals surface area contributed by atoms with Crippen molar-refractivity contribution in [2.24, 2.45) is 11.3 Å². The zero-order chi connectivity index (χ0) is 13.2. The van der Waals surface area contributed by atoms with Crippen LogP contribution in [-0.2, 0) is 14.1 Å². The first-order valence-electron chi connectivity index (χ1n) is 7.16. The standard InChI is InChI=1S/C14H23BO3/c1-12(2)13(3,4)18-15(17-12)9-10-8-11(16)14(10)6-5-7-14/h10H,5-9H2,1-4H3. The third kappa shape index (κ3) is 1.54. The minimum Gasteiger partial charge on any atom is -0.403 e. The average molecular weight is 250 g/mol. The van der Waals surface area contributed by atoms with Gasteiger partial charge in [0.25, 0.3) is 0 Å². The molecule has 3 rings (SSSR count). The maximum Gasteiger partial charge on any atom is 0.458 e. The normalized spacial score (nSPS) is 35.4. The van der Waals surface area contributed by atoms with Gasteiger partial charge in [0.1, 0.15) is 5.78 Å². The summed E-state index contributed by atoms with van der Waals surface area (Å²) in [6.45, 7) is 8.33. The summed E-state index contributed by atoms with van der Waals surface area (Å²) in [7, 11) is -0.134. The SMILES string of the molecule is CC1(C)OB(CC2CC(=O)C23CCC3)OC1(C)C. The molecular formula is C14H23BO3. The predicted molar refractivity (Wildman–Crippen MR) is 70.3 cm³/mol. The van der Waals surface area contributed by atoms with Crippen molar-refractivity contribution < 1.29 is 14.1 Å². The molecule has 1 aliphatic heterocycles. The fraction of sp³-hybridized carbons (Fsp3) is 0.929. The lowest BCUT2D eigenvalue weighted by atomic mass is 9.45. The second kappa shape index (κ2) is 3.60. The van der Waals surface area contributed by atoms with Gasteiger partial charge in [-0.15, -0.1) is 0 Å². The Kier molecular flexibility index (Phi) is 2.54. The molecule has 3 nitrogen and oxygen atoms in total. The number of ketones is 1. The van der Waals surface area contributed by atoms with E-state index in [1.807, 2.05) is 0 Å². The Balaban J connectivity index is 1.64. The molecule has 1 heterocycles. The van der Waals surface area contributed by atoms with E-state index in [1.165, 1.54) is 6.42 Å². The molecule has 0 aromatic heterocycles. The van der Waals surface area contributed by atoms with Gasteiger partial charge in [-0.3, -0.25) is 4.79 Å². The minimum atomic E-state index is -0.252. The van der Waals surface area contributed by atoms with Crippen molar-refractivity contribution in [3.05, 3.63) is 0 Å². The second-order valence-electron chi connectivity index (χ2n) is 7.26. The fourth-order valence-corrected chi connectivity index (χ4v) is 3.57. The van der Waals surface area contributed by atoms with Crippen LogP contribution in [0.15, 0.2) is 0 Å². The molecule has 0 radical (unpaired) electrons. The predicted octanol–water partition coefficient (Wildman–Crippen LogP) is 2.84. The van der Waals surface area contributed by atoms with Crippen LogP contribution in [0.4, 0.5) is 0 Å². The largest absolute Gasteiger partial charge is 0.458 e. The van der Waals surface area contributed by atoms with E-state index in [4.69, 9.17) is 9.31 Å². The van der Waals surface area contributed by atoms with Crippen LogP contribution in [0, 0.1) is 11.3 Å². The Morgan fingerprint density at radius 3 is 2.11 bits per heavy atom. The van der Waals surface area contributed by atoms with Crippen molar-refractivity contribution in [3.8, 4) is 0 Å². The van der Waals surface area contributed by atoms with Crippen LogP contribution in [0.5, 0.6) is 0 Å². The first-order chi connectivity index (χ1) is 8.27. The summed E-state index contributed by atoms with van der Waals surface area (Å²) >= 11 is 0. The lowest BCUT2D eigenvalue weighted by molar-refractivity contribution is -0.154. The first kappa shape index (κ1) is 12.7. The van der Waals surface area contributed by atoms with Gasteiger partial charge in [0, 0.05) is 11.8 Å². The van der Waals surface area contributed by atoms with E-state index >= 15 is 0 Å². The maximum absolute atomic E-state index is 11.8. The highest BCUT2D eigenvalue weighted by Gasteiger charge is 2.60. The number of rotatable bonds is 2. The molecule has 0 aromatic rings. The molecule has 100 valence electrons. The molecule has 0 bridgehead atoms. The van der Waals surface area contributed by atoms with Gasteiger partial charge < -0.3 is 9.31 Å². The molecule has 3 fully saturated rings. The van der Waals surface area contributed by atoms with Crippen LogP contribution >= 0.6 is 0 Å². The molecule has 1 unspecified atom stereocenters. The molecule has 1 spiro atoms. The highest BCUT2D eigenvalue weighted by Crippen LogP contribution is 2.59. The van der Waals surface area contributed by atoms with Gasteiger partial charge in [-0.1, -0.05) is 6.42 Å². The topological polar surface area (TPSA) is 35.5 Å². The number of Topliss-reactive ketones (excluding diaryl/α,β-unsaturated/α-hetero) is 1. The van der Waals surface area contributed by atoms with E-state index in [9.17, 15) is 4.79 Å².